The van der Waals surface area contributed by atoms with Crippen LogP contribution in [0.25, 0.3) is 5.69 Å². The minimum Gasteiger partial charge on any atom is -0.357 e. The quantitative estimate of drug-likeness (QED) is 0.529. The monoisotopic (exact) mass is 424 g/mol. The Balaban J connectivity index is 1.76. The fourth-order valence-electron chi connectivity index (χ4n) is 4.47. The van der Waals surface area contributed by atoms with E-state index in [4.69, 9.17) is 10.1 Å². The summed E-state index contributed by atoms with van der Waals surface area (Å²) < 4.78 is 1.98. The van der Waals surface area contributed by atoms with Crippen LogP contribution in [0.1, 0.15) is 49.6 Å². The molecule has 1 aliphatic rings. The summed E-state index contributed by atoms with van der Waals surface area (Å²) in [6, 6.07) is 10.2. The van der Waals surface area contributed by atoms with E-state index in [1.54, 1.807) is 4.90 Å². The van der Waals surface area contributed by atoms with Crippen molar-refractivity contribution in [1.29, 1.82) is 0 Å². The molecule has 1 amide bonds. The molecule has 0 unspecified atom stereocenters. The van der Waals surface area contributed by atoms with Crippen LogP contribution in [0.4, 0.5) is 0 Å². The maximum atomic E-state index is 12.9. The van der Waals surface area contributed by atoms with Gasteiger partial charge in [-0.1, -0.05) is 31.0 Å². The summed E-state index contributed by atoms with van der Waals surface area (Å²) in [5, 5.41) is 11.5. The molecular formula is C24H36N6O. The average Bonchev–Trinajstić information content (AvgIpc) is 3.35. The van der Waals surface area contributed by atoms with Gasteiger partial charge in [0.15, 0.2) is 5.96 Å². The lowest BCUT2D eigenvalue weighted by Crippen LogP contribution is -2.49. The molecule has 3 rings (SSSR count). The summed E-state index contributed by atoms with van der Waals surface area (Å²) in [4.78, 5) is 19.4. The highest BCUT2D eigenvalue weighted by Crippen LogP contribution is 2.38. The molecule has 0 saturated heterocycles. The van der Waals surface area contributed by atoms with Gasteiger partial charge in [0.2, 0.25) is 5.91 Å². The van der Waals surface area contributed by atoms with Crippen LogP contribution in [0.5, 0.6) is 0 Å². The fourth-order valence-corrected chi connectivity index (χ4v) is 4.47. The smallest absolute Gasteiger partial charge is 0.230 e. The molecule has 0 spiro atoms. The Labute approximate surface area is 185 Å². The number of carbonyl (C=O) groups excluding carboxylic acids is 1. The summed E-state index contributed by atoms with van der Waals surface area (Å²) >= 11 is 0. The Bertz CT molecular complexity index is 910. The van der Waals surface area contributed by atoms with E-state index in [1.807, 2.05) is 43.9 Å². The van der Waals surface area contributed by atoms with E-state index in [9.17, 15) is 4.79 Å². The van der Waals surface area contributed by atoms with Crippen LogP contribution in [-0.4, -0.2) is 53.7 Å². The van der Waals surface area contributed by atoms with Crippen molar-refractivity contribution in [2.45, 2.75) is 53.0 Å². The van der Waals surface area contributed by atoms with Crippen molar-refractivity contribution in [3.05, 3.63) is 47.3 Å². The Morgan fingerprint density at radius 3 is 2.45 bits per heavy atom. The molecule has 1 aliphatic carbocycles. The molecule has 31 heavy (non-hydrogen) atoms. The van der Waals surface area contributed by atoms with E-state index >= 15 is 0 Å². The number of nitrogens with zero attached hydrogens (tertiary/aromatic N) is 4. The molecular weight excluding hydrogens is 388 g/mol. The van der Waals surface area contributed by atoms with Crippen molar-refractivity contribution < 1.29 is 4.79 Å². The van der Waals surface area contributed by atoms with Crippen LogP contribution in [0.3, 0.4) is 0 Å². The van der Waals surface area contributed by atoms with E-state index < -0.39 is 0 Å². The second-order valence-electron chi connectivity index (χ2n) is 8.63. The largest absolute Gasteiger partial charge is 0.357 e. The van der Waals surface area contributed by atoms with Gasteiger partial charge in [-0.15, -0.1) is 0 Å². The highest BCUT2D eigenvalue weighted by molar-refractivity contribution is 5.85. The molecule has 2 N–H and O–H groups in total. The third-order valence-corrected chi connectivity index (χ3v) is 6.20. The molecule has 0 atom stereocenters. The first-order chi connectivity index (χ1) is 14.9. The molecule has 7 heteroatoms. The molecule has 0 bridgehead atoms. The van der Waals surface area contributed by atoms with Crippen molar-refractivity contribution in [2.24, 2.45) is 10.4 Å². The minimum absolute atomic E-state index is 0.212. The lowest BCUT2D eigenvalue weighted by molar-refractivity contribution is -0.138. The predicted octanol–water partition coefficient (Wildman–Crippen LogP) is 3.19. The SMILES string of the molecule is CCNC(=NCc1c(C)nn(-c2ccccc2)c1C)NCC1(C(=O)N(C)C)CCCC1. The van der Waals surface area contributed by atoms with Gasteiger partial charge in [-0.05, 0) is 45.7 Å². The zero-order chi connectivity index (χ0) is 22.4. The minimum atomic E-state index is -0.330. The van der Waals surface area contributed by atoms with E-state index in [0.717, 1.165) is 60.8 Å². The second-order valence-corrected chi connectivity index (χ2v) is 8.63. The number of para-hydroxylation sites is 1. The van der Waals surface area contributed by atoms with Gasteiger partial charge in [-0.3, -0.25) is 4.79 Å². The number of benzene rings is 1. The topological polar surface area (TPSA) is 74.5 Å². The molecule has 168 valence electrons. The number of aryl methyl sites for hydroxylation is 1. The maximum absolute atomic E-state index is 12.9. The third kappa shape index (κ3) is 5.09. The van der Waals surface area contributed by atoms with Crippen molar-refractivity contribution in [1.82, 2.24) is 25.3 Å². The number of aromatic nitrogens is 2. The van der Waals surface area contributed by atoms with Gasteiger partial charge in [0.1, 0.15) is 0 Å². The average molecular weight is 425 g/mol. The van der Waals surface area contributed by atoms with Gasteiger partial charge in [0, 0.05) is 38.4 Å². The molecule has 1 heterocycles. The van der Waals surface area contributed by atoms with Gasteiger partial charge in [0.05, 0.1) is 23.3 Å². The van der Waals surface area contributed by atoms with E-state index in [1.165, 1.54) is 0 Å². The highest BCUT2D eigenvalue weighted by atomic mass is 16.2. The third-order valence-electron chi connectivity index (χ3n) is 6.20. The van der Waals surface area contributed by atoms with E-state index in [-0.39, 0.29) is 11.3 Å². The summed E-state index contributed by atoms with van der Waals surface area (Å²) in [7, 11) is 3.69. The second kappa shape index (κ2) is 9.98. The summed E-state index contributed by atoms with van der Waals surface area (Å²) in [6.07, 6.45) is 4.06. The molecule has 1 fully saturated rings. The van der Waals surface area contributed by atoms with E-state index in [2.05, 4.69) is 36.6 Å². The van der Waals surface area contributed by atoms with Gasteiger partial charge in [0.25, 0.3) is 0 Å². The number of amides is 1. The number of hydrogen-bond acceptors (Lipinski definition) is 3. The van der Waals surface area contributed by atoms with E-state index in [0.29, 0.717) is 13.1 Å². The standard InChI is InChI=1S/C24H36N6O/c1-6-25-23(27-17-24(14-10-11-15-24)22(31)29(4)5)26-16-21-18(2)28-30(19(21)3)20-12-8-7-9-13-20/h7-9,12-13H,6,10-11,14-17H2,1-5H3,(H2,25,26,27). The van der Waals surface area contributed by atoms with Gasteiger partial charge in [-0.25, -0.2) is 9.67 Å². The van der Waals surface area contributed by atoms with Crippen LogP contribution in [0, 0.1) is 19.3 Å². The first-order valence-electron chi connectivity index (χ1n) is 11.2. The van der Waals surface area contributed by atoms with Crippen LogP contribution >= 0.6 is 0 Å². The molecule has 7 nitrogen and oxygen atoms in total. The zero-order valence-corrected chi connectivity index (χ0v) is 19.5. The van der Waals surface area contributed by atoms with Crippen molar-refractivity contribution in [3.63, 3.8) is 0 Å². The lowest BCUT2D eigenvalue weighted by Gasteiger charge is -2.31. The molecule has 1 saturated carbocycles. The first-order valence-corrected chi connectivity index (χ1v) is 11.2. The van der Waals surface area contributed by atoms with Gasteiger partial charge < -0.3 is 15.5 Å². The summed E-state index contributed by atoms with van der Waals surface area (Å²) in [5.41, 5.74) is 3.92. The van der Waals surface area contributed by atoms with Crippen LogP contribution in [-0.2, 0) is 11.3 Å². The van der Waals surface area contributed by atoms with Crippen molar-refractivity contribution in [3.8, 4) is 5.69 Å². The molecule has 0 aliphatic heterocycles. The Morgan fingerprint density at radius 2 is 1.84 bits per heavy atom. The molecule has 1 aromatic carbocycles. The number of hydrogen-bond donors (Lipinski definition) is 2. The fraction of sp³-hybridized carbons (Fsp3) is 0.542. The van der Waals surface area contributed by atoms with Crippen molar-refractivity contribution in [2.75, 3.05) is 27.2 Å². The number of nitrogens with one attached hydrogen (secondary N) is 2. The zero-order valence-electron chi connectivity index (χ0n) is 19.5. The number of carbonyl (C=O) groups is 1. The number of rotatable bonds is 7. The highest BCUT2D eigenvalue weighted by Gasteiger charge is 2.42. The van der Waals surface area contributed by atoms with Crippen LogP contribution < -0.4 is 10.6 Å². The number of guanidine groups is 1. The predicted molar refractivity (Wildman–Crippen MR) is 125 cm³/mol. The van der Waals surface area contributed by atoms with Crippen molar-refractivity contribution >= 4 is 11.9 Å². The van der Waals surface area contributed by atoms with Crippen LogP contribution in [0.15, 0.2) is 35.3 Å². The Hall–Kier alpha value is -2.83. The molecule has 2 aromatic rings. The summed E-state index contributed by atoms with van der Waals surface area (Å²) in [5.74, 6) is 0.954. The van der Waals surface area contributed by atoms with Crippen LogP contribution in [0.2, 0.25) is 0 Å². The van der Waals surface area contributed by atoms with Gasteiger partial charge in [-0.2, -0.15) is 5.10 Å². The normalized spacial score (nSPS) is 15.7. The molecule has 1 aromatic heterocycles. The van der Waals surface area contributed by atoms with Gasteiger partial charge >= 0.3 is 0 Å². The molecule has 0 radical (unpaired) electrons. The Kier molecular flexibility index (Phi) is 7.36. The maximum Gasteiger partial charge on any atom is 0.230 e. The summed E-state index contributed by atoms with van der Waals surface area (Å²) in [6.45, 7) is 8.08. The number of aliphatic imine (C=N–C) groups is 1. The first kappa shape index (κ1) is 22.8. The lowest BCUT2D eigenvalue weighted by atomic mass is 9.84. The Morgan fingerprint density at radius 1 is 1.16 bits per heavy atom.